The van der Waals surface area contributed by atoms with Gasteiger partial charge in [-0.05, 0) is 31.4 Å². The van der Waals surface area contributed by atoms with E-state index in [0.29, 0.717) is 13.0 Å². The van der Waals surface area contributed by atoms with Gasteiger partial charge in [0.2, 0.25) is 0 Å². The summed E-state index contributed by atoms with van der Waals surface area (Å²) in [6.07, 6.45) is 2.32. The molecule has 1 aliphatic heterocycles. The minimum absolute atomic E-state index is 0.0397. The lowest BCUT2D eigenvalue weighted by molar-refractivity contribution is 0.275. The van der Waals surface area contributed by atoms with Crippen LogP contribution < -0.4 is 10.6 Å². The van der Waals surface area contributed by atoms with Crippen molar-refractivity contribution in [3.05, 3.63) is 23.8 Å². The zero-order valence-corrected chi connectivity index (χ0v) is 9.50. The number of aliphatic hydroxyl groups is 1. The molecule has 1 saturated heterocycles. The first-order chi connectivity index (χ1) is 8.15. The minimum atomic E-state index is -0.894. The fourth-order valence-electron chi connectivity index (χ4n) is 2.43. The Morgan fingerprint density at radius 1 is 1.41 bits per heavy atom. The molecular weight excluding hydrogens is 226 g/mol. The molecule has 1 unspecified atom stereocenters. The Labute approximate surface area is 98.8 Å². The van der Waals surface area contributed by atoms with Crippen LogP contribution in [-0.2, 0) is 0 Å². The summed E-state index contributed by atoms with van der Waals surface area (Å²) in [5.41, 5.74) is 6.10. The van der Waals surface area contributed by atoms with Crippen LogP contribution >= 0.6 is 0 Å². The molecule has 0 aliphatic carbocycles. The fourth-order valence-corrected chi connectivity index (χ4v) is 2.43. The minimum Gasteiger partial charge on any atom is -0.397 e. The summed E-state index contributed by atoms with van der Waals surface area (Å²) in [6, 6.07) is 2.45. The standard InChI is InChI=1S/C12H16F2N2O/c13-9-3-4-10(15)12(11(9)14)16-6-1-2-8(16)5-7-17/h3-4,8,17H,1-2,5-7,15H2. The Kier molecular flexibility index (Phi) is 3.47. The second-order valence-corrected chi connectivity index (χ2v) is 4.30. The van der Waals surface area contributed by atoms with Crippen LogP contribution in [0.25, 0.3) is 0 Å². The van der Waals surface area contributed by atoms with Crippen molar-refractivity contribution in [2.75, 3.05) is 23.8 Å². The number of nitrogens with two attached hydrogens (primary N) is 1. The van der Waals surface area contributed by atoms with Crippen LogP contribution in [0.4, 0.5) is 20.2 Å². The SMILES string of the molecule is Nc1ccc(F)c(F)c1N1CCCC1CCO. The van der Waals surface area contributed by atoms with E-state index < -0.39 is 11.6 Å². The van der Waals surface area contributed by atoms with E-state index in [9.17, 15) is 8.78 Å². The molecule has 5 heteroatoms. The molecule has 0 spiro atoms. The Bertz CT molecular complexity index is 412. The van der Waals surface area contributed by atoms with Crippen LogP contribution in [0.2, 0.25) is 0 Å². The topological polar surface area (TPSA) is 49.5 Å². The summed E-state index contributed by atoms with van der Waals surface area (Å²) in [5.74, 6) is -1.78. The maximum absolute atomic E-state index is 13.8. The molecule has 2 rings (SSSR count). The van der Waals surface area contributed by atoms with Crippen molar-refractivity contribution in [2.45, 2.75) is 25.3 Å². The molecule has 1 aromatic rings. The number of nitrogens with zero attached hydrogens (tertiary/aromatic N) is 1. The van der Waals surface area contributed by atoms with Gasteiger partial charge in [0.1, 0.15) is 0 Å². The van der Waals surface area contributed by atoms with Crippen molar-refractivity contribution in [2.24, 2.45) is 0 Å². The molecule has 1 heterocycles. The molecule has 17 heavy (non-hydrogen) atoms. The number of rotatable bonds is 3. The highest BCUT2D eigenvalue weighted by molar-refractivity contribution is 5.69. The Balaban J connectivity index is 2.36. The number of hydrogen-bond acceptors (Lipinski definition) is 3. The quantitative estimate of drug-likeness (QED) is 0.796. The van der Waals surface area contributed by atoms with Crippen molar-refractivity contribution < 1.29 is 13.9 Å². The van der Waals surface area contributed by atoms with Gasteiger partial charge in [0, 0.05) is 19.2 Å². The summed E-state index contributed by atoms with van der Waals surface area (Å²) in [6.45, 7) is 0.688. The van der Waals surface area contributed by atoms with Crippen LogP contribution in [-0.4, -0.2) is 24.3 Å². The van der Waals surface area contributed by atoms with Gasteiger partial charge < -0.3 is 15.7 Å². The van der Waals surface area contributed by atoms with Gasteiger partial charge in [0.15, 0.2) is 11.6 Å². The molecule has 3 nitrogen and oxygen atoms in total. The molecule has 0 radical (unpaired) electrons. The van der Waals surface area contributed by atoms with Gasteiger partial charge in [0.25, 0.3) is 0 Å². The highest BCUT2D eigenvalue weighted by atomic mass is 19.2. The fraction of sp³-hybridized carbons (Fsp3) is 0.500. The first-order valence-corrected chi connectivity index (χ1v) is 5.76. The highest BCUT2D eigenvalue weighted by Gasteiger charge is 2.28. The van der Waals surface area contributed by atoms with Crippen molar-refractivity contribution in [3.8, 4) is 0 Å². The van der Waals surface area contributed by atoms with Gasteiger partial charge in [-0.3, -0.25) is 0 Å². The van der Waals surface area contributed by atoms with E-state index in [-0.39, 0.29) is 24.0 Å². The van der Waals surface area contributed by atoms with E-state index >= 15 is 0 Å². The number of halogens is 2. The smallest absolute Gasteiger partial charge is 0.184 e. The van der Waals surface area contributed by atoms with Crippen LogP contribution in [0, 0.1) is 11.6 Å². The molecule has 0 aromatic heterocycles. The molecule has 0 saturated carbocycles. The first kappa shape index (κ1) is 12.1. The van der Waals surface area contributed by atoms with Crippen molar-refractivity contribution in [3.63, 3.8) is 0 Å². The summed E-state index contributed by atoms with van der Waals surface area (Å²) in [4.78, 5) is 1.77. The van der Waals surface area contributed by atoms with Crippen LogP contribution in [0.1, 0.15) is 19.3 Å². The average molecular weight is 242 g/mol. The van der Waals surface area contributed by atoms with Crippen LogP contribution in [0.3, 0.4) is 0 Å². The summed E-state index contributed by atoms with van der Waals surface area (Å²) >= 11 is 0. The number of hydrogen-bond donors (Lipinski definition) is 2. The van der Waals surface area contributed by atoms with Crippen LogP contribution in [0.15, 0.2) is 12.1 Å². The molecule has 0 amide bonds. The van der Waals surface area contributed by atoms with Gasteiger partial charge in [-0.25, -0.2) is 8.78 Å². The van der Waals surface area contributed by atoms with Crippen LogP contribution in [0.5, 0.6) is 0 Å². The molecule has 1 aromatic carbocycles. The van der Waals surface area contributed by atoms with Gasteiger partial charge in [0.05, 0.1) is 11.4 Å². The zero-order chi connectivity index (χ0) is 12.4. The van der Waals surface area contributed by atoms with Crippen molar-refractivity contribution in [1.29, 1.82) is 0 Å². The highest BCUT2D eigenvalue weighted by Crippen LogP contribution is 2.34. The summed E-state index contributed by atoms with van der Waals surface area (Å²) in [5, 5.41) is 8.96. The summed E-state index contributed by atoms with van der Waals surface area (Å²) in [7, 11) is 0. The molecule has 3 N–H and O–H groups in total. The normalized spacial score (nSPS) is 19.9. The third-order valence-electron chi connectivity index (χ3n) is 3.23. The largest absolute Gasteiger partial charge is 0.397 e. The molecule has 1 fully saturated rings. The second kappa shape index (κ2) is 4.87. The zero-order valence-electron chi connectivity index (χ0n) is 9.50. The van der Waals surface area contributed by atoms with Gasteiger partial charge >= 0.3 is 0 Å². The van der Waals surface area contributed by atoms with E-state index in [1.54, 1.807) is 4.90 Å². The molecule has 0 bridgehead atoms. The first-order valence-electron chi connectivity index (χ1n) is 5.76. The molecule has 1 aliphatic rings. The number of aliphatic hydroxyl groups excluding tert-OH is 1. The van der Waals surface area contributed by atoms with Gasteiger partial charge in [-0.15, -0.1) is 0 Å². The van der Waals surface area contributed by atoms with Gasteiger partial charge in [-0.2, -0.15) is 0 Å². The maximum Gasteiger partial charge on any atom is 0.184 e. The number of benzene rings is 1. The average Bonchev–Trinajstić information content (AvgIpc) is 2.73. The van der Waals surface area contributed by atoms with E-state index in [1.165, 1.54) is 6.07 Å². The monoisotopic (exact) mass is 242 g/mol. The second-order valence-electron chi connectivity index (χ2n) is 4.30. The predicted octanol–water partition coefficient (Wildman–Crippen LogP) is 1.90. The van der Waals surface area contributed by atoms with E-state index in [0.717, 1.165) is 18.9 Å². The molecular formula is C12H16F2N2O. The van der Waals surface area contributed by atoms with E-state index in [4.69, 9.17) is 10.8 Å². The molecule has 94 valence electrons. The van der Waals surface area contributed by atoms with E-state index in [1.807, 2.05) is 0 Å². The molecule has 1 atom stereocenters. The number of anilines is 2. The van der Waals surface area contributed by atoms with E-state index in [2.05, 4.69) is 0 Å². The summed E-state index contributed by atoms with van der Waals surface area (Å²) < 4.78 is 27.0. The number of nitrogen functional groups attached to an aromatic ring is 1. The van der Waals surface area contributed by atoms with Gasteiger partial charge in [-0.1, -0.05) is 0 Å². The van der Waals surface area contributed by atoms with Crippen molar-refractivity contribution >= 4 is 11.4 Å². The third-order valence-corrected chi connectivity index (χ3v) is 3.23. The lowest BCUT2D eigenvalue weighted by Crippen LogP contribution is -2.31. The predicted molar refractivity (Wildman–Crippen MR) is 62.8 cm³/mol. The van der Waals surface area contributed by atoms with Crippen molar-refractivity contribution in [1.82, 2.24) is 0 Å². The third kappa shape index (κ3) is 2.20. The maximum atomic E-state index is 13.8. The lowest BCUT2D eigenvalue weighted by Gasteiger charge is -2.28. The Hall–Kier alpha value is -1.36. The Morgan fingerprint density at radius 2 is 2.18 bits per heavy atom. The Morgan fingerprint density at radius 3 is 2.88 bits per heavy atom. The lowest BCUT2D eigenvalue weighted by atomic mass is 10.1.